The highest BCUT2D eigenvalue weighted by atomic mass is 16.1. The van der Waals surface area contributed by atoms with Crippen molar-refractivity contribution in [2.24, 2.45) is 0 Å². The molecule has 1 aliphatic rings. The Morgan fingerprint density at radius 2 is 2.36 bits per heavy atom. The third kappa shape index (κ3) is 1.31. The van der Waals surface area contributed by atoms with E-state index in [-0.39, 0.29) is 0 Å². The molecule has 1 aliphatic heterocycles. The van der Waals surface area contributed by atoms with Crippen LogP contribution in [0.2, 0.25) is 0 Å². The summed E-state index contributed by atoms with van der Waals surface area (Å²) in [4.78, 5) is 12.8. The fourth-order valence-electron chi connectivity index (χ4n) is 2.37. The van der Waals surface area contributed by atoms with Gasteiger partial charge in [0.1, 0.15) is 6.29 Å². The molecule has 1 unspecified atom stereocenters. The Morgan fingerprint density at radius 1 is 1.57 bits per heavy atom. The number of likely N-dealkylation sites (N-methyl/N-ethyl adjacent to an activating group) is 1. The van der Waals surface area contributed by atoms with Gasteiger partial charge in [0.2, 0.25) is 0 Å². The first kappa shape index (κ1) is 9.25. The highest BCUT2D eigenvalue weighted by Crippen LogP contribution is 2.37. The summed E-state index contributed by atoms with van der Waals surface area (Å²) in [6, 6.07) is 6.22. The maximum atomic E-state index is 10.5. The predicted octanol–water partition coefficient (Wildman–Crippen LogP) is 1.98. The highest BCUT2D eigenvalue weighted by Gasteiger charge is 2.24. The molecule has 0 amide bonds. The molecule has 0 N–H and O–H groups in total. The second-order valence-electron chi connectivity index (χ2n) is 4.00. The van der Waals surface area contributed by atoms with E-state index in [1.54, 1.807) is 0 Å². The normalized spacial score (nSPS) is 19.6. The average molecular weight is 189 g/mol. The monoisotopic (exact) mass is 189 g/mol. The lowest BCUT2D eigenvalue weighted by atomic mass is 9.96. The van der Waals surface area contributed by atoms with Gasteiger partial charge in [0.15, 0.2) is 0 Å². The van der Waals surface area contributed by atoms with Crippen molar-refractivity contribution >= 4 is 12.0 Å². The van der Waals surface area contributed by atoms with Crippen LogP contribution < -0.4 is 4.90 Å². The van der Waals surface area contributed by atoms with Crippen LogP contribution in [0.15, 0.2) is 18.2 Å². The third-order valence-corrected chi connectivity index (χ3v) is 2.93. The van der Waals surface area contributed by atoms with Crippen LogP contribution in [0.3, 0.4) is 0 Å². The second-order valence-corrected chi connectivity index (χ2v) is 4.00. The first-order chi connectivity index (χ1) is 6.74. The Hall–Kier alpha value is -1.31. The topological polar surface area (TPSA) is 20.3 Å². The highest BCUT2D eigenvalue weighted by molar-refractivity contribution is 5.66. The molecule has 0 radical (unpaired) electrons. The van der Waals surface area contributed by atoms with Gasteiger partial charge in [-0.05, 0) is 17.2 Å². The summed E-state index contributed by atoms with van der Waals surface area (Å²) in [6.45, 7) is 3.28. The number of carbonyl (C=O) groups is 1. The van der Waals surface area contributed by atoms with Crippen molar-refractivity contribution in [2.75, 3.05) is 18.5 Å². The van der Waals surface area contributed by atoms with Crippen molar-refractivity contribution in [2.45, 2.75) is 19.3 Å². The Kier molecular flexibility index (Phi) is 2.28. The lowest BCUT2D eigenvalue weighted by Gasteiger charge is -2.12. The third-order valence-electron chi connectivity index (χ3n) is 2.93. The molecule has 0 aliphatic carbocycles. The minimum atomic E-state index is 0.543. The maximum Gasteiger partial charge on any atom is 0.124 e. The lowest BCUT2D eigenvalue weighted by molar-refractivity contribution is -0.107. The van der Waals surface area contributed by atoms with E-state index in [2.05, 4.69) is 31.0 Å². The summed E-state index contributed by atoms with van der Waals surface area (Å²) in [5.74, 6) is 0.547. The Balaban J connectivity index is 2.50. The van der Waals surface area contributed by atoms with Gasteiger partial charge in [-0.2, -0.15) is 0 Å². The molecule has 0 spiro atoms. The van der Waals surface area contributed by atoms with Crippen molar-refractivity contribution < 1.29 is 4.79 Å². The Bertz CT molecular complexity index is 359. The van der Waals surface area contributed by atoms with Gasteiger partial charge in [0.05, 0.1) is 0 Å². The van der Waals surface area contributed by atoms with E-state index in [1.807, 2.05) is 6.07 Å². The van der Waals surface area contributed by atoms with Crippen LogP contribution in [0.25, 0.3) is 0 Å². The van der Waals surface area contributed by atoms with Gasteiger partial charge in [-0.1, -0.05) is 19.1 Å². The van der Waals surface area contributed by atoms with Crippen LogP contribution in [0.1, 0.15) is 24.0 Å². The number of hydrogen-bond acceptors (Lipinski definition) is 2. The van der Waals surface area contributed by atoms with Crippen LogP contribution >= 0.6 is 0 Å². The van der Waals surface area contributed by atoms with Gasteiger partial charge in [0, 0.05) is 31.6 Å². The van der Waals surface area contributed by atoms with E-state index in [0.29, 0.717) is 12.3 Å². The van der Waals surface area contributed by atoms with Crippen LogP contribution in [-0.4, -0.2) is 19.9 Å². The van der Waals surface area contributed by atoms with Crippen LogP contribution in [0.4, 0.5) is 5.69 Å². The van der Waals surface area contributed by atoms with E-state index in [4.69, 9.17) is 0 Å². The van der Waals surface area contributed by atoms with Crippen LogP contribution in [0, 0.1) is 0 Å². The second kappa shape index (κ2) is 3.45. The molecule has 14 heavy (non-hydrogen) atoms. The minimum Gasteiger partial charge on any atom is -0.374 e. The molecule has 0 saturated heterocycles. The molecule has 74 valence electrons. The zero-order valence-electron chi connectivity index (χ0n) is 8.66. The first-order valence-electron chi connectivity index (χ1n) is 5.00. The molecule has 1 aromatic rings. The van der Waals surface area contributed by atoms with Crippen LogP contribution in [-0.2, 0) is 11.2 Å². The fraction of sp³-hybridized carbons (Fsp3) is 0.417. The molecule has 2 heteroatoms. The summed E-state index contributed by atoms with van der Waals surface area (Å²) in [7, 11) is 2.10. The molecule has 0 aromatic heterocycles. The quantitative estimate of drug-likeness (QED) is 0.663. The van der Waals surface area contributed by atoms with Crippen molar-refractivity contribution in [1.29, 1.82) is 0 Å². The van der Waals surface area contributed by atoms with Crippen molar-refractivity contribution in [3.63, 3.8) is 0 Å². The number of fused-ring (bicyclic) bond motifs is 1. The van der Waals surface area contributed by atoms with Crippen molar-refractivity contribution in [3.8, 4) is 0 Å². The predicted molar refractivity (Wildman–Crippen MR) is 57.9 cm³/mol. The number of rotatable bonds is 2. The summed E-state index contributed by atoms with van der Waals surface area (Å²) in [6.07, 6.45) is 1.53. The largest absolute Gasteiger partial charge is 0.374 e. The molecule has 2 nitrogen and oxygen atoms in total. The molecule has 2 rings (SSSR count). The number of aldehydes is 1. The minimum absolute atomic E-state index is 0.543. The van der Waals surface area contributed by atoms with Crippen molar-refractivity contribution in [3.05, 3.63) is 29.3 Å². The molecule has 1 aromatic carbocycles. The fourth-order valence-corrected chi connectivity index (χ4v) is 2.37. The Morgan fingerprint density at radius 3 is 3.07 bits per heavy atom. The van der Waals surface area contributed by atoms with Gasteiger partial charge in [-0.3, -0.25) is 0 Å². The lowest BCUT2D eigenvalue weighted by Crippen LogP contribution is -2.13. The van der Waals surface area contributed by atoms with Crippen LogP contribution in [0.5, 0.6) is 0 Å². The SMILES string of the molecule is CC1CN(C)c2cccc(CC=O)c21. The van der Waals surface area contributed by atoms with Gasteiger partial charge in [-0.25, -0.2) is 0 Å². The van der Waals surface area contributed by atoms with Gasteiger partial charge in [0.25, 0.3) is 0 Å². The van der Waals surface area contributed by atoms with E-state index in [9.17, 15) is 4.79 Å². The summed E-state index contributed by atoms with van der Waals surface area (Å²) in [5.41, 5.74) is 3.84. The smallest absolute Gasteiger partial charge is 0.124 e. The van der Waals surface area contributed by atoms with E-state index < -0.39 is 0 Å². The van der Waals surface area contributed by atoms with Gasteiger partial charge >= 0.3 is 0 Å². The Labute approximate surface area is 84.5 Å². The number of nitrogens with zero attached hydrogens (tertiary/aromatic N) is 1. The summed E-state index contributed by atoms with van der Waals surface area (Å²) >= 11 is 0. The van der Waals surface area contributed by atoms with E-state index >= 15 is 0 Å². The average Bonchev–Trinajstić information content (AvgIpc) is 2.44. The molecule has 0 bridgehead atoms. The number of hydrogen-bond donors (Lipinski definition) is 0. The molecular weight excluding hydrogens is 174 g/mol. The molecule has 1 atom stereocenters. The maximum absolute atomic E-state index is 10.5. The number of anilines is 1. The first-order valence-corrected chi connectivity index (χ1v) is 5.00. The van der Waals surface area contributed by atoms with E-state index in [1.165, 1.54) is 16.8 Å². The molecule has 1 heterocycles. The molecule has 0 fully saturated rings. The van der Waals surface area contributed by atoms with Crippen molar-refractivity contribution in [1.82, 2.24) is 0 Å². The van der Waals surface area contributed by atoms with Gasteiger partial charge < -0.3 is 9.69 Å². The summed E-state index contributed by atoms with van der Waals surface area (Å²) in [5, 5.41) is 0. The zero-order chi connectivity index (χ0) is 10.1. The number of benzene rings is 1. The van der Waals surface area contributed by atoms with E-state index in [0.717, 1.165) is 12.8 Å². The van der Waals surface area contributed by atoms with Gasteiger partial charge in [-0.15, -0.1) is 0 Å². The molecular formula is C12H15NO. The molecule has 0 saturated carbocycles. The zero-order valence-corrected chi connectivity index (χ0v) is 8.66. The standard InChI is InChI=1S/C12H15NO/c1-9-8-13(2)11-5-3-4-10(6-7-14)12(9)11/h3-5,7,9H,6,8H2,1-2H3. The summed E-state index contributed by atoms with van der Waals surface area (Å²) < 4.78 is 0. The number of carbonyl (C=O) groups excluding carboxylic acids is 1.